The van der Waals surface area contributed by atoms with E-state index >= 15 is 0 Å². The summed E-state index contributed by atoms with van der Waals surface area (Å²) in [6, 6.07) is 28.7. The summed E-state index contributed by atoms with van der Waals surface area (Å²) in [5, 5.41) is 3.59. The summed E-state index contributed by atoms with van der Waals surface area (Å²) in [4.78, 5) is 15.7. The van der Waals surface area contributed by atoms with Gasteiger partial charge < -0.3 is 10.1 Å². The molecule has 0 aliphatic carbocycles. The number of ether oxygens (including phenoxy) is 1. The summed E-state index contributed by atoms with van der Waals surface area (Å²) in [5.74, 6) is -0.289. The van der Waals surface area contributed by atoms with E-state index in [1.165, 1.54) is 4.31 Å². The summed E-state index contributed by atoms with van der Waals surface area (Å²) in [6.07, 6.45) is 3.05. The molecular weight excluding hydrogens is 546 g/mol. The fourth-order valence-corrected chi connectivity index (χ4v) is 7.31. The highest BCUT2D eigenvalue weighted by atomic mass is 32.2. The van der Waals surface area contributed by atoms with Crippen LogP contribution in [-0.4, -0.2) is 63.0 Å². The molecular formula is C34H45N3O4S. The summed E-state index contributed by atoms with van der Waals surface area (Å²) in [7, 11) is -1.96. The van der Waals surface area contributed by atoms with Crippen molar-refractivity contribution in [2.24, 2.45) is 5.92 Å². The van der Waals surface area contributed by atoms with Gasteiger partial charge in [-0.3, -0.25) is 9.69 Å². The zero-order valence-corrected chi connectivity index (χ0v) is 25.9. The highest BCUT2D eigenvalue weighted by molar-refractivity contribution is 7.89. The van der Waals surface area contributed by atoms with Gasteiger partial charge >= 0.3 is 5.97 Å². The summed E-state index contributed by atoms with van der Waals surface area (Å²) < 4.78 is 34.2. The second kappa shape index (κ2) is 14.9. The Hall–Kier alpha value is -3.04. The van der Waals surface area contributed by atoms with Crippen molar-refractivity contribution in [2.75, 3.05) is 33.2 Å². The van der Waals surface area contributed by atoms with Crippen molar-refractivity contribution >= 4 is 16.0 Å². The molecule has 226 valence electrons. The van der Waals surface area contributed by atoms with Gasteiger partial charge in [-0.15, -0.1) is 0 Å². The lowest BCUT2D eigenvalue weighted by Crippen LogP contribution is -2.53. The predicted octanol–water partition coefficient (Wildman–Crippen LogP) is 5.44. The van der Waals surface area contributed by atoms with E-state index in [1.807, 2.05) is 54.6 Å². The Balaban J connectivity index is 1.47. The third-order valence-corrected chi connectivity index (χ3v) is 10.4. The van der Waals surface area contributed by atoms with Gasteiger partial charge in [-0.2, -0.15) is 0 Å². The van der Waals surface area contributed by atoms with Gasteiger partial charge in [-0.25, -0.2) is 12.7 Å². The Morgan fingerprint density at radius 2 is 1.60 bits per heavy atom. The molecule has 8 heteroatoms. The molecule has 3 aromatic rings. The highest BCUT2D eigenvalue weighted by Gasteiger charge is 2.38. The molecule has 1 aliphatic rings. The van der Waals surface area contributed by atoms with Crippen LogP contribution in [0.5, 0.6) is 0 Å². The summed E-state index contributed by atoms with van der Waals surface area (Å²) in [5.41, 5.74) is 1.75. The molecule has 42 heavy (non-hydrogen) atoms. The Bertz CT molecular complexity index is 1360. The zero-order chi connectivity index (χ0) is 30.0. The monoisotopic (exact) mass is 591 g/mol. The minimum absolute atomic E-state index is 0.0501. The number of sulfonamides is 1. The van der Waals surface area contributed by atoms with Crippen molar-refractivity contribution in [3.05, 3.63) is 102 Å². The Morgan fingerprint density at radius 3 is 2.21 bits per heavy atom. The molecule has 1 N–H and O–H groups in total. The van der Waals surface area contributed by atoms with E-state index in [0.717, 1.165) is 50.0 Å². The minimum atomic E-state index is -3.64. The lowest BCUT2D eigenvalue weighted by Gasteiger charge is -2.43. The van der Waals surface area contributed by atoms with Crippen molar-refractivity contribution in [1.29, 1.82) is 0 Å². The van der Waals surface area contributed by atoms with Crippen LogP contribution in [0.4, 0.5) is 0 Å². The summed E-state index contributed by atoms with van der Waals surface area (Å²) >= 11 is 0. The number of likely N-dealkylation sites (N-methyl/N-ethyl adjacent to an activating group) is 1. The smallest absolute Gasteiger partial charge is 0.309 e. The number of esters is 1. The first-order chi connectivity index (χ1) is 20.3. The highest BCUT2D eigenvalue weighted by Crippen LogP contribution is 2.35. The van der Waals surface area contributed by atoms with Crippen molar-refractivity contribution in [3.8, 4) is 0 Å². The largest absolute Gasteiger partial charge is 0.461 e. The number of carbonyl (C=O) groups excluding carboxylic acids is 1. The van der Waals surface area contributed by atoms with Crippen LogP contribution in [0.3, 0.4) is 0 Å². The molecule has 3 aromatic carbocycles. The van der Waals surface area contributed by atoms with Crippen LogP contribution in [0.2, 0.25) is 0 Å². The van der Waals surface area contributed by atoms with Crippen molar-refractivity contribution in [2.45, 2.75) is 62.6 Å². The van der Waals surface area contributed by atoms with Crippen LogP contribution < -0.4 is 5.32 Å². The van der Waals surface area contributed by atoms with Gasteiger partial charge in [0.05, 0.1) is 17.0 Å². The predicted molar refractivity (Wildman–Crippen MR) is 167 cm³/mol. The van der Waals surface area contributed by atoms with Crippen LogP contribution in [-0.2, 0) is 31.6 Å². The number of rotatable bonds is 14. The van der Waals surface area contributed by atoms with Crippen LogP contribution in [0.15, 0.2) is 95.9 Å². The quantitative estimate of drug-likeness (QED) is 0.252. The molecule has 7 nitrogen and oxygen atoms in total. The molecule has 4 rings (SSSR count). The molecule has 1 heterocycles. The number of benzene rings is 3. The molecule has 0 saturated carbocycles. The van der Waals surface area contributed by atoms with Crippen LogP contribution in [0.25, 0.3) is 0 Å². The fourth-order valence-electron chi connectivity index (χ4n) is 6.03. The van der Waals surface area contributed by atoms with Crippen LogP contribution in [0, 0.1) is 5.92 Å². The first-order valence-corrected chi connectivity index (χ1v) is 16.5. The van der Waals surface area contributed by atoms with E-state index < -0.39 is 10.0 Å². The van der Waals surface area contributed by atoms with Gasteiger partial charge in [0.1, 0.15) is 6.61 Å². The van der Waals surface area contributed by atoms with Crippen LogP contribution >= 0.6 is 0 Å². The van der Waals surface area contributed by atoms with Crippen molar-refractivity contribution in [1.82, 2.24) is 14.5 Å². The number of carbonyl (C=O) groups is 1. The standard InChI is InChI=1S/C34H45N3O4S/c1-4-34(30-17-11-7-12-18-30,27-36(3)42(39,40)31-19-13-8-14-20-31)22-24-37-23-21-29(25-32(37)35-5-2)33(38)41-26-28-15-9-6-10-16-28/h6-20,29,32,35H,4-5,21-27H2,1-3H3/t29?,32-,34-/m1/s1. The molecule has 0 spiro atoms. The molecule has 1 saturated heterocycles. The molecule has 0 radical (unpaired) electrons. The average Bonchev–Trinajstić information content (AvgIpc) is 3.03. The number of likely N-dealkylation sites (tertiary alicyclic amines) is 1. The van der Waals surface area contributed by atoms with E-state index in [2.05, 4.69) is 36.2 Å². The van der Waals surface area contributed by atoms with Crippen molar-refractivity contribution in [3.63, 3.8) is 0 Å². The van der Waals surface area contributed by atoms with E-state index in [-0.39, 0.29) is 23.5 Å². The van der Waals surface area contributed by atoms with E-state index in [0.29, 0.717) is 24.5 Å². The topological polar surface area (TPSA) is 79.0 Å². The van der Waals surface area contributed by atoms with Gasteiger partial charge in [0.25, 0.3) is 0 Å². The number of piperidine rings is 1. The second-order valence-corrected chi connectivity index (χ2v) is 13.3. The first kappa shape index (κ1) is 31.9. The first-order valence-electron chi connectivity index (χ1n) is 15.0. The van der Waals surface area contributed by atoms with E-state index in [4.69, 9.17) is 4.74 Å². The normalized spacial score (nSPS) is 19.3. The second-order valence-electron chi connectivity index (χ2n) is 11.2. The number of nitrogens with zero attached hydrogens (tertiary/aromatic N) is 2. The molecule has 3 atom stereocenters. The van der Waals surface area contributed by atoms with Gasteiger partial charge in [0.2, 0.25) is 10.0 Å². The third kappa shape index (κ3) is 7.86. The van der Waals surface area contributed by atoms with Crippen LogP contribution in [0.1, 0.15) is 50.7 Å². The van der Waals surface area contributed by atoms with Gasteiger partial charge in [0.15, 0.2) is 0 Å². The molecule has 1 fully saturated rings. The lowest BCUT2D eigenvalue weighted by molar-refractivity contribution is -0.152. The number of hydrogen-bond acceptors (Lipinski definition) is 6. The third-order valence-electron chi connectivity index (χ3n) is 8.63. The Kier molecular flexibility index (Phi) is 11.3. The maximum absolute atomic E-state index is 13.5. The maximum Gasteiger partial charge on any atom is 0.309 e. The molecule has 1 aliphatic heterocycles. The summed E-state index contributed by atoms with van der Waals surface area (Å²) in [6.45, 7) is 7.25. The van der Waals surface area contributed by atoms with E-state index in [9.17, 15) is 13.2 Å². The molecule has 1 unspecified atom stereocenters. The van der Waals surface area contributed by atoms with Gasteiger partial charge in [0, 0.05) is 32.1 Å². The maximum atomic E-state index is 13.5. The Morgan fingerprint density at radius 1 is 0.976 bits per heavy atom. The SMILES string of the molecule is CCN[C@H]1CC(C(=O)OCc2ccccc2)CCN1CC[C@](CC)(CN(C)S(=O)(=O)c1ccccc1)c1ccccc1. The van der Waals surface area contributed by atoms with Gasteiger partial charge in [-0.1, -0.05) is 92.7 Å². The van der Waals surface area contributed by atoms with E-state index in [1.54, 1.807) is 31.3 Å². The molecule has 0 aromatic heterocycles. The number of nitrogens with one attached hydrogen (secondary N) is 1. The fraction of sp³-hybridized carbons (Fsp3) is 0.441. The molecule has 0 amide bonds. The minimum Gasteiger partial charge on any atom is -0.461 e. The Labute approximate surface area is 251 Å². The zero-order valence-electron chi connectivity index (χ0n) is 25.1. The van der Waals surface area contributed by atoms with Gasteiger partial charge in [-0.05, 0) is 55.5 Å². The lowest BCUT2D eigenvalue weighted by atomic mass is 9.75. The molecule has 0 bridgehead atoms. The average molecular weight is 592 g/mol. The van der Waals surface area contributed by atoms with Crippen molar-refractivity contribution < 1.29 is 17.9 Å². The number of hydrogen-bond donors (Lipinski definition) is 1.